The first-order valence-corrected chi connectivity index (χ1v) is 10.6. The molecule has 0 atom stereocenters. The van der Waals surface area contributed by atoms with Crippen molar-refractivity contribution in [3.05, 3.63) is 47.8 Å². The van der Waals surface area contributed by atoms with Gasteiger partial charge < -0.3 is 9.80 Å². The van der Waals surface area contributed by atoms with E-state index in [1.54, 1.807) is 12.1 Å². The van der Waals surface area contributed by atoms with E-state index in [2.05, 4.69) is 33.6 Å². The summed E-state index contributed by atoms with van der Waals surface area (Å²) in [4.78, 5) is 27.0. The lowest BCUT2D eigenvalue weighted by atomic mass is 9.99. The van der Waals surface area contributed by atoms with Gasteiger partial charge in [-0.1, -0.05) is 26.0 Å². The number of pyridine rings is 2. The SMILES string of the molecule is CC1CCN(c2cccc(C(=O)c3cccc(N4CCC(C)CC4)n3)n2)CC1. The number of nitrogens with zero attached hydrogens (tertiary/aromatic N) is 4. The number of hydrogen-bond donors (Lipinski definition) is 0. The zero-order valence-corrected chi connectivity index (χ0v) is 17.0. The van der Waals surface area contributed by atoms with Gasteiger partial charge in [0.05, 0.1) is 0 Å². The third-order valence-corrected chi connectivity index (χ3v) is 6.15. The van der Waals surface area contributed by atoms with Gasteiger partial charge in [0.1, 0.15) is 23.0 Å². The smallest absolute Gasteiger partial charge is 0.229 e. The van der Waals surface area contributed by atoms with Crippen molar-refractivity contribution in [2.75, 3.05) is 36.0 Å². The fourth-order valence-corrected chi connectivity index (χ4v) is 4.06. The number of anilines is 2. The van der Waals surface area contributed by atoms with Gasteiger partial charge in [-0.2, -0.15) is 0 Å². The van der Waals surface area contributed by atoms with Crippen LogP contribution in [-0.2, 0) is 0 Å². The highest BCUT2D eigenvalue weighted by Crippen LogP contribution is 2.24. The molecule has 2 aliphatic heterocycles. The zero-order valence-electron chi connectivity index (χ0n) is 17.0. The van der Waals surface area contributed by atoms with E-state index in [1.807, 2.05) is 24.3 Å². The topological polar surface area (TPSA) is 49.3 Å². The van der Waals surface area contributed by atoms with E-state index >= 15 is 0 Å². The molecular weight excluding hydrogens is 348 g/mol. The average Bonchev–Trinajstić information content (AvgIpc) is 2.74. The van der Waals surface area contributed by atoms with Crippen molar-refractivity contribution in [3.8, 4) is 0 Å². The molecule has 5 nitrogen and oxygen atoms in total. The van der Waals surface area contributed by atoms with Gasteiger partial charge in [-0.3, -0.25) is 4.79 Å². The van der Waals surface area contributed by atoms with Gasteiger partial charge in [-0.15, -0.1) is 0 Å². The molecule has 0 aromatic carbocycles. The maximum atomic E-state index is 13.1. The highest BCUT2D eigenvalue weighted by atomic mass is 16.1. The molecule has 0 spiro atoms. The monoisotopic (exact) mass is 378 g/mol. The van der Waals surface area contributed by atoms with Gasteiger partial charge in [0.15, 0.2) is 0 Å². The first kappa shape index (κ1) is 18.9. The van der Waals surface area contributed by atoms with Crippen molar-refractivity contribution in [1.29, 1.82) is 0 Å². The van der Waals surface area contributed by atoms with Gasteiger partial charge >= 0.3 is 0 Å². The number of ketones is 1. The van der Waals surface area contributed by atoms with Gasteiger partial charge in [0.25, 0.3) is 0 Å². The fraction of sp³-hybridized carbons (Fsp3) is 0.522. The van der Waals surface area contributed by atoms with Crippen molar-refractivity contribution in [2.24, 2.45) is 11.8 Å². The number of piperidine rings is 2. The van der Waals surface area contributed by atoms with E-state index in [-0.39, 0.29) is 5.78 Å². The van der Waals surface area contributed by atoms with Crippen LogP contribution >= 0.6 is 0 Å². The molecule has 4 heterocycles. The molecular formula is C23H30N4O. The molecule has 2 saturated heterocycles. The van der Waals surface area contributed by atoms with E-state index in [0.29, 0.717) is 11.4 Å². The molecule has 2 aliphatic rings. The second-order valence-corrected chi connectivity index (χ2v) is 8.43. The number of rotatable bonds is 4. The van der Waals surface area contributed by atoms with Crippen LogP contribution in [0.15, 0.2) is 36.4 Å². The van der Waals surface area contributed by atoms with E-state index < -0.39 is 0 Å². The number of aromatic nitrogens is 2. The van der Waals surface area contributed by atoms with E-state index in [9.17, 15) is 4.79 Å². The second-order valence-electron chi connectivity index (χ2n) is 8.43. The second kappa shape index (κ2) is 8.29. The highest BCUT2D eigenvalue weighted by molar-refractivity contribution is 6.06. The molecule has 0 bridgehead atoms. The zero-order chi connectivity index (χ0) is 19.5. The van der Waals surface area contributed by atoms with E-state index in [4.69, 9.17) is 0 Å². The molecule has 4 rings (SSSR count). The first-order valence-electron chi connectivity index (χ1n) is 10.6. The number of carbonyl (C=O) groups excluding carboxylic acids is 1. The predicted molar refractivity (Wildman–Crippen MR) is 113 cm³/mol. The highest BCUT2D eigenvalue weighted by Gasteiger charge is 2.21. The molecule has 148 valence electrons. The van der Waals surface area contributed by atoms with Gasteiger partial charge in [-0.25, -0.2) is 9.97 Å². The summed E-state index contributed by atoms with van der Waals surface area (Å²) in [5.74, 6) is 3.24. The van der Waals surface area contributed by atoms with E-state index in [0.717, 1.165) is 49.7 Å². The molecule has 5 heteroatoms. The molecule has 0 unspecified atom stereocenters. The van der Waals surface area contributed by atoms with Crippen LogP contribution in [0.3, 0.4) is 0 Å². The lowest BCUT2D eigenvalue weighted by Crippen LogP contribution is -2.34. The van der Waals surface area contributed by atoms with Crippen LogP contribution in [0.4, 0.5) is 11.6 Å². The normalized spacial score (nSPS) is 19.1. The summed E-state index contributed by atoms with van der Waals surface area (Å²) in [6.07, 6.45) is 4.71. The Bertz CT molecular complexity index is 753. The molecule has 0 radical (unpaired) electrons. The number of carbonyl (C=O) groups is 1. The van der Waals surface area contributed by atoms with Crippen LogP contribution in [0, 0.1) is 11.8 Å². The third-order valence-electron chi connectivity index (χ3n) is 6.15. The van der Waals surface area contributed by atoms with Crippen LogP contribution in [0.1, 0.15) is 55.7 Å². The Labute approximate surface area is 167 Å². The Morgan fingerprint density at radius 3 is 1.54 bits per heavy atom. The minimum absolute atomic E-state index is 0.0977. The van der Waals surface area contributed by atoms with Crippen LogP contribution in [0.5, 0.6) is 0 Å². The van der Waals surface area contributed by atoms with Crippen LogP contribution < -0.4 is 9.80 Å². The Kier molecular flexibility index (Phi) is 5.60. The molecule has 0 saturated carbocycles. The third kappa shape index (κ3) is 4.18. The Hall–Kier alpha value is -2.43. The molecule has 0 N–H and O–H groups in total. The van der Waals surface area contributed by atoms with Crippen molar-refractivity contribution in [3.63, 3.8) is 0 Å². The summed E-state index contributed by atoms with van der Waals surface area (Å²) in [7, 11) is 0. The summed E-state index contributed by atoms with van der Waals surface area (Å²) >= 11 is 0. The maximum Gasteiger partial charge on any atom is 0.229 e. The van der Waals surface area contributed by atoms with Crippen LogP contribution in [0.25, 0.3) is 0 Å². The summed E-state index contributed by atoms with van der Waals surface area (Å²) in [5, 5.41) is 0. The standard InChI is InChI=1S/C23H30N4O/c1-17-9-13-26(14-10-17)21-7-3-5-19(24-21)23(28)20-6-4-8-22(25-20)27-15-11-18(2)12-16-27/h3-8,17-18H,9-16H2,1-2H3. The largest absolute Gasteiger partial charge is 0.357 e. The minimum atomic E-state index is -0.0977. The summed E-state index contributed by atoms with van der Waals surface area (Å²) in [5.41, 5.74) is 0.959. The molecule has 2 aromatic rings. The van der Waals surface area contributed by atoms with Gasteiger partial charge in [0.2, 0.25) is 5.78 Å². The summed E-state index contributed by atoms with van der Waals surface area (Å²) in [6, 6.07) is 11.5. The fourth-order valence-electron chi connectivity index (χ4n) is 4.06. The Balaban J connectivity index is 1.51. The summed E-state index contributed by atoms with van der Waals surface area (Å²) in [6.45, 7) is 8.62. The van der Waals surface area contributed by atoms with Crippen molar-refractivity contribution >= 4 is 17.4 Å². The molecule has 2 fully saturated rings. The van der Waals surface area contributed by atoms with Gasteiger partial charge in [-0.05, 0) is 61.8 Å². The average molecular weight is 379 g/mol. The lowest BCUT2D eigenvalue weighted by molar-refractivity contribution is 0.103. The molecule has 0 aliphatic carbocycles. The maximum absolute atomic E-state index is 13.1. The van der Waals surface area contributed by atoms with Crippen molar-refractivity contribution < 1.29 is 4.79 Å². The first-order chi connectivity index (χ1) is 13.6. The molecule has 2 aromatic heterocycles. The predicted octanol–water partition coefficient (Wildman–Crippen LogP) is 4.18. The Morgan fingerprint density at radius 1 is 0.750 bits per heavy atom. The number of hydrogen-bond acceptors (Lipinski definition) is 5. The van der Waals surface area contributed by atoms with Crippen LogP contribution in [-0.4, -0.2) is 41.9 Å². The van der Waals surface area contributed by atoms with Gasteiger partial charge in [0, 0.05) is 26.2 Å². The minimum Gasteiger partial charge on any atom is -0.357 e. The van der Waals surface area contributed by atoms with Crippen molar-refractivity contribution in [2.45, 2.75) is 39.5 Å². The molecule has 28 heavy (non-hydrogen) atoms. The quantitative estimate of drug-likeness (QED) is 0.747. The van der Waals surface area contributed by atoms with Crippen LogP contribution in [0.2, 0.25) is 0 Å². The Morgan fingerprint density at radius 2 is 1.14 bits per heavy atom. The van der Waals surface area contributed by atoms with E-state index in [1.165, 1.54) is 25.7 Å². The summed E-state index contributed by atoms with van der Waals surface area (Å²) < 4.78 is 0. The van der Waals surface area contributed by atoms with Crippen molar-refractivity contribution in [1.82, 2.24) is 9.97 Å². The lowest BCUT2D eigenvalue weighted by Gasteiger charge is -2.31. The molecule has 0 amide bonds.